The molecule has 0 aromatic rings. The van der Waals surface area contributed by atoms with Gasteiger partial charge in [0.05, 0.1) is 5.54 Å². The summed E-state index contributed by atoms with van der Waals surface area (Å²) >= 11 is 0. The average Bonchev–Trinajstić information content (AvgIpc) is 3.13. The summed E-state index contributed by atoms with van der Waals surface area (Å²) in [6.07, 6.45) is 26.6. The Morgan fingerprint density at radius 3 is 2.49 bits per heavy atom. The summed E-state index contributed by atoms with van der Waals surface area (Å²) in [4.78, 5) is 17.9. The lowest BCUT2D eigenvalue weighted by Gasteiger charge is -2.63. The van der Waals surface area contributed by atoms with Crippen LogP contribution in [0.25, 0.3) is 0 Å². The van der Waals surface area contributed by atoms with Crippen LogP contribution in [0.5, 0.6) is 0 Å². The van der Waals surface area contributed by atoms with Gasteiger partial charge in [-0.25, -0.2) is 0 Å². The largest absolute Gasteiger partial charge is 0.388 e. The van der Waals surface area contributed by atoms with Gasteiger partial charge in [0.15, 0.2) is 0 Å². The standard InChI is InChI=1S/C32H50N2O3/c35-24-25-16-12-8-4-3-6-10-14-19-33-21-18-28-26-22-27(25)30(33)32(28)31(37)29(36)17-13-9-5-1-2-7-11-15-20-34(32)23-26/h2,5,7,9,13,17,24-31,36-37H,1,3-4,6,8,10-12,14-16,18-23H2/b7-2-,9-5-,17-13+/t25-,26-,27+,28-,29-,30+,31+,32+/m0/s1. The molecular weight excluding hydrogens is 460 g/mol. The van der Waals surface area contributed by atoms with Gasteiger partial charge in [0.1, 0.15) is 18.5 Å². The summed E-state index contributed by atoms with van der Waals surface area (Å²) in [5, 5.41) is 23.6. The van der Waals surface area contributed by atoms with E-state index in [1.807, 2.05) is 12.2 Å². The SMILES string of the molecule is O=C[C@@H]1CCCCCCCCCN2CC[C@H]3[C@H]4C[C@H]1[C@@H]2[C@@]31[C@H](O)[C@@H](O)/C=C/C=C\C/C=C\CCCN1C4. The first-order valence-electron chi connectivity index (χ1n) is 15.5. The Hall–Kier alpha value is -1.27. The number of hydrogen-bond donors (Lipinski definition) is 2. The molecule has 0 radical (unpaired) electrons. The van der Waals surface area contributed by atoms with Crippen LogP contribution in [0.15, 0.2) is 36.5 Å². The minimum absolute atomic E-state index is 0.0467. The van der Waals surface area contributed by atoms with Gasteiger partial charge in [-0.3, -0.25) is 9.80 Å². The Kier molecular flexibility index (Phi) is 9.39. The number of piperidine rings is 1. The average molecular weight is 511 g/mol. The number of nitrogens with zero attached hydrogens (tertiary/aromatic N) is 2. The van der Waals surface area contributed by atoms with Crippen molar-refractivity contribution in [3.63, 3.8) is 0 Å². The van der Waals surface area contributed by atoms with E-state index in [1.54, 1.807) is 6.08 Å². The second kappa shape index (κ2) is 12.7. The number of aliphatic hydroxyl groups is 2. The van der Waals surface area contributed by atoms with Crippen molar-refractivity contribution >= 4 is 6.29 Å². The van der Waals surface area contributed by atoms with Crippen molar-refractivity contribution in [2.24, 2.45) is 23.7 Å². The lowest BCUT2D eigenvalue weighted by Crippen LogP contribution is -2.76. The van der Waals surface area contributed by atoms with E-state index in [4.69, 9.17) is 0 Å². The van der Waals surface area contributed by atoms with Crippen molar-refractivity contribution in [3.8, 4) is 0 Å². The van der Waals surface area contributed by atoms with Crippen LogP contribution in [0.3, 0.4) is 0 Å². The Morgan fingerprint density at radius 1 is 0.838 bits per heavy atom. The molecule has 2 N–H and O–H groups in total. The highest BCUT2D eigenvalue weighted by atomic mass is 16.3. The number of carbonyl (C=O) groups excluding carboxylic acids is 1. The van der Waals surface area contributed by atoms with E-state index in [9.17, 15) is 15.0 Å². The summed E-state index contributed by atoms with van der Waals surface area (Å²) in [5.74, 6) is 1.18. The first-order valence-corrected chi connectivity index (χ1v) is 15.5. The highest BCUT2D eigenvalue weighted by Gasteiger charge is 2.69. The predicted molar refractivity (Wildman–Crippen MR) is 149 cm³/mol. The van der Waals surface area contributed by atoms with Crippen LogP contribution in [0.4, 0.5) is 0 Å². The quantitative estimate of drug-likeness (QED) is 0.388. The van der Waals surface area contributed by atoms with Crippen molar-refractivity contribution in [2.45, 2.75) is 107 Å². The number of aldehydes is 1. The van der Waals surface area contributed by atoms with Gasteiger partial charge >= 0.3 is 0 Å². The zero-order valence-electron chi connectivity index (χ0n) is 22.8. The van der Waals surface area contributed by atoms with Gasteiger partial charge in [-0.15, -0.1) is 0 Å². The zero-order valence-corrected chi connectivity index (χ0v) is 22.8. The molecule has 4 fully saturated rings. The lowest BCUT2D eigenvalue weighted by atomic mass is 9.54. The third-order valence-electron chi connectivity index (χ3n) is 10.5. The summed E-state index contributed by atoms with van der Waals surface area (Å²) < 4.78 is 0. The Labute approximate surface area is 224 Å². The normalized spacial score (nSPS) is 45.2. The molecule has 1 aliphatic carbocycles. The van der Waals surface area contributed by atoms with Crippen molar-refractivity contribution < 1.29 is 15.0 Å². The van der Waals surface area contributed by atoms with E-state index >= 15 is 0 Å². The molecule has 8 atom stereocenters. The first-order chi connectivity index (χ1) is 18.2. The molecule has 4 aliphatic heterocycles. The smallest absolute Gasteiger partial charge is 0.123 e. The number of rotatable bonds is 1. The van der Waals surface area contributed by atoms with E-state index in [0.717, 1.165) is 71.1 Å². The van der Waals surface area contributed by atoms with E-state index in [2.05, 4.69) is 28.0 Å². The van der Waals surface area contributed by atoms with Gasteiger partial charge in [0, 0.05) is 18.5 Å². The fourth-order valence-electron chi connectivity index (χ4n) is 9.02. The summed E-state index contributed by atoms with van der Waals surface area (Å²) in [6.45, 7) is 4.05. The second-order valence-electron chi connectivity index (χ2n) is 12.5. The van der Waals surface area contributed by atoms with E-state index in [-0.39, 0.29) is 17.9 Å². The Bertz CT molecular complexity index is 840. The summed E-state index contributed by atoms with van der Waals surface area (Å²) in [7, 11) is 0. The fraction of sp³-hybridized carbons (Fsp3) is 0.781. The molecule has 5 aliphatic rings. The van der Waals surface area contributed by atoms with E-state index < -0.39 is 17.7 Å². The lowest BCUT2D eigenvalue weighted by molar-refractivity contribution is -0.174. The van der Waals surface area contributed by atoms with Gasteiger partial charge in [0.2, 0.25) is 0 Å². The molecule has 3 saturated heterocycles. The molecule has 37 heavy (non-hydrogen) atoms. The molecular formula is C32H50N2O3. The first kappa shape index (κ1) is 27.3. The third kappa shape index (κ3) is 5.44. The molecule has 4 bridgehead atoms. The monoisotopic (exact) mass is 510 g/mol. The topological polar surface area (TPSA) is 64.0 Å². The fourth-order valence-corrected chi connectivity index (χ4v) is 9.02. The van der Waals surface area contributed by atoms with E-state index in [0.29, 0.717) is 11.8 Å². The number of aliphatic hydroxyl groups excluding tert-OH is 2. The van der Waals surface area contributed by atoms with Crippen LogP contribution in [0.1, 0.15) is 83.5 Å². The Morgan fingerprint density at radius 2 is 1.65 bits per heavy atom. The van der Waals surface area contributed by atoms with Crippen molar-refractivity contribution in [1.29, 1.82) is 0 Å². The van der Waals surface area contributed by atoms with Crippen LogP contribution in [0, 0.1) is 23.7 Å². The molecule has 0 aromatic heterocycles. The highest BCUT2D eigenvalue weighted by Crippen LogP contribution is 2.59. The predicted octanol–water partition coefficient (Wildman–Crippen LogP) is 4.89. The maximum absolute atomic E-state index is 12.7. The minimum Gasteiger partial charge on any atom is -0.388 e. The molecule has 0 amide bonds. The molecule has 5 heteroatoms. The summed E-state index contributed by atoms with van der Waals surface area (Å²) in [6, 6.07) is 0.123. The zero-order chi connectivity index (χ0) is 25.7. The van der Waals surface area contributed by atoms with Crippen LogP contribution < -0.4 is 0 Å². The van der Waals surface area contributed by atoms with Crippen LogP contribution in [0.2, 0.25) is 0 Å². The molecule has 1 spiro atoms. The molecule has 5 nitrogen and oxygen atoms in total. The van der Waals surface area contributed by atoms with Crippen LogP contribution in [-0.4, -0.2) is 76.3 Å². The molecule has 1 saturated carbocycles. The van der Waals surface area contributed by atoms with Crippen LogP contribution >= 0.6 is 0 Å². The van der Waals surface area contributed by atoms with Gasteiger partial charge in [-0.2, -0.15) is 0 Å². The molecule has 0 aromatic carbocycles. The van der Waals surface area contributed by atoms with Crippen molar-refractivity contribution in [1.82, 2.24) is 9.80 Å². The number of hydrogen-bond acceptors (Lipinski definition) is 5. The third-order valence-corrected chi connectivity index (χ3v) is 10.5. The van der Waals surface area contributed by atoms with Crippen molar-refractivity contribution in [2.75, 3.05) is 26.2 Å². The molecule has 4 heterocycles. The Balaban J connectivity index is 1.57. The highest BCUT2D eigenvalue weighted by molar-refractivity contribution is 5.55. The van der Waals surface area contributed by atoms with Crippen molar-refractivity contribution in [3.05, 3.63) is 36.5 Å². The molecule has 0 unspecified atom stereocenters. The van der Waals surface area contributed by atoms with E-state index in [1.165, 1.54) is 44.8 Å². The second-order valence-corrected chi connectivity index (χ2v) is 12.5. The molecule has 206 valence electrons. The minimum atomic E-state index is -0.912. The van der Waals surface area contributed by atoms with Gasteiger partial charge in [-0.05, 0) is 82.3 Å². The van der Waals surface area contributed by atoms with Gasteiger partial charge in [-0.1, -0.05) is 75.0 Å². The summed E-state index contributed by atoms with van der Waals surface area (Å²) in [5.41, 5.74) is -0.491. The van der Waals surface area contributed by atoms with Crippen LogP contribution in [-0.2, 0) is 4.79 Å². The van der Waals surface area contributed by atoms with Gasteiger partial charge < -0.3 is 15.0 Å². The van der Waals surface area contributed by atoms with Gasteiger partial charge in [0.25, 0.3) is 0 Å². The maximum atomic E-state index is 12.7. The number of allylic oxidation sites excluding steroid dienone is 5. The molecule has 5 rings (SSSR count). The number of carbonyl (C=O) groups is 1. The maximum Gasteiger partial charge on any atom is 0.123 e.